The molecule has 1 aromatic rings. The van der Waals surface area contributed by atoms with Crippen molar-refractivity contribution in [3.63, 3.8) is 0 Å². The molecule has 106 valence electrons. The van der Waals surface area contributed by atoms with Crippen molar-refractivity contribution in [2.45, 2.75) is 19.3 Å². The molecule has 0 bridgehead atoms. The molecule has 20 heavy (non-hydrogen) atoms. The van der Waals surface area contributed by atoms with Crippen LogP contribution in [-0.2, 0) is 0 Å². The number of nitro groups is 1. The fourth-order valence-corrected chi connectivity index (χ4v) is 3.49. The second kappa shape index (κ2) is 4.77. The van der Waals surface area contributed by atoms with Gasteiger partial charge < -0.3 is 10.0 Å². The lowest BCUT2D eigenvalue weighted by atomic mass is 10.0. The van der Waals surface area contributed by atoms with Crippen LogP contribution in [0.25, 0.3) is 0 Å². The number of carbonyl (C=O) groups is 1. The van der Waals surface area contributed by atoms with E-state index in [0.29, 0.717) is 11.8 Å². The second-order valence-electron chi connectivity index (χ2n) is 5.62. The van der Waals surface area contributed by atoms with E-state index in [0.717, 1.165) is 18.8 Å². The van der Waals surface area contributed by atoms with E-state index in [9.17, 15) is 14.9 Å². The topological polar surface area (TPSA) is 83.7 Å². The molecular weight excluding hydrogens is 260 g/mol. The van der Waals surface area contributed by atoms with Crippen molar-refractivity contribution in [3.8, 4) is 0 Å². The number of aromatic carboxylic acids is 1. The number of hydrogen-bond acceptors (Lipinski definition) is 4. The quantitative estimate of drug-likeness (QED) is 0.677. The van der Waals surface area contributed by atoms with Crippen molar-refractivity contribution in [2.75, 3.05) is 18.0 Å². The lowest BCUT2D eigenvalue weighted by molar-refractivity contribution is -0.385. The minimum absolute atomic E-state index is 0.252. The Morgan fingerprint density at radius 2 is 1.95 bits per heavy atom. The number of carboxylic acid groups (broad SMARTS) is 1. The third-order valence-corrected chi connectivity index (χ3v) is 4.50. The standard InChI is InChI=1S/C14H16N2O4/c17-14(18)12-5-4-11(6-13(12)16(19)20)15-7-9-2-1-3-10(9)8-15/h4-6,9-10H,1-3,7-8H2,(H,17,18). The van der Waals surface area contributed by atoms with Gasteiger partial charge in [0.05, 0.1) is 4.92 Å². The van der Waals surface area contributed by atoms with Gasteiger partial charge in [0.1, 0.15) is 5.56 Å². The molecule has 1 aromatic carbocycles. The van der Waals surface area contributed by atoms with Gasteiger partial charge in [-0.2, -0.15) is 0 Å². The van der Waals surface area contributed by atoms with E-state index in [1.54, 1.807) is 6.07 Å². The van der Waals surface area contributed by atoms with E-state index >= 15 is 0 Å². The van der Waals surface area contributed by atoms with E-state index < -0.39 is 10.9 Å². The van der Waals surface area contributed by atoms with Crippen LogP contribution in [0.3, 0.4) is 0 Å². The van der Waals surface area contributed by atoms with Crippen molar-refractivity contribution in [2.24, 2.45) is 11.8 Å². The molecule has 0 aromatic heterocycles. The summed E-state index contributed by atoms with van der Waals surface area (Å²) in [7, 11) is 0. The van der Waals surface area contributed by atoms with Crippen molar-refractivity contribution in [1.82, 2.24) is 0 Å². The third kappa shape index (κ3) is 2.11. The summed E-state index contributed by atoms with van der Waals surface area (Å²) < 4.78 is 0. The average Bonchev–Trinajstić information content (AvgIpc) is 2.98. The molecule has 2 aliphatic rings. The monoisotopic (exact) mass is 276 g/mol. The lowest BCUT2D eigenvalue weighted by Gasteiger charge is -2.19. The molecule has 1 aliphatic heterocycles. The summed E-state index contributed by atoms with van der Waals surface area (Å²) in [6.07, 6.45) is 3.74. The number of anilines is 1. The van der Waals surface area contributed by atoms with Gasteiger partial charge in [0.15, 0.2) is 0 Å². The zero-order chi connectivity index (χ0) is 14.3. The van der Waals surface area contributed by atoms with E-state index in [4.69, 9.17) is 5.11 Å². The predicted molar refractivity (Wildman–Crippen MR) is 73.1 cm³/mol. The normalized spacial score (nSPS) is 24.7. The van der Waals surface area contributed by atoms with Gasteiger partial charge in [-0.1, -0.05) is 6.42 Å². The fraction of sp³-hybridized carbons (Fsp3) is 0.500. The van der Waals surface area contributed by atoms with Crippen molar-refractivity contribution < 1.29 is 14.8 Å². The summed E-state index contributed by atoms with van der Waals surface area (Å²) in [5.74, 6) is 0.114. The molecule has 3 rings (SSSR count). The molecule has 1 heterocycles. The average molecular weight is 276 g/mol. The molecular formula is C14H16N2O4. The van der Waals surface area contributed by atoms with Gasteiger partial charge in [-0.15, -0.1) is 0 Å². The van der Waals surface area contributed by atoms with Crippen LogP contribution in [-0.4, -0.2) is 29.1 Å². The maximum Gasteiger partial charge on any atom is 0.342 e. The Kier molecular flexibility index (Phi) is 3.08. The van der Waals surface area contributed by atoms with Crippen LogP contribution in [0.2, 0.25) is 0 Å². The number of rotatable bonds is 3. The number of hydrogen-bond donors (Lipinski definition) is 1. The second-order valence-corrected chi connectivity index (χ2v) is 5.62. The predicted octanol–water partition coefficient (Wildman–Crippen LogP) is 2.53. The SMILES string of the molecule is O=C(O)c1ccc(N2CC3CCCC3C2)cc1[N+](=O)[O-]. The maximum atomic E-state index is 11.0. The molecule has 2 unspecified atom stereocenters. The van der Waals surface area contributed by atoms with Crippen molar-refractivity contribution in [1.29, 1.82) is 0 Å². The molecule has 2 atom stereocenters. The zero-order valence-corrected chi connectivity index (χ0v) is 11.0. The van der Waals surface area contributed by atoms with E-state index in [-0.39, 0.29) is 11.3 Å². The Morgan fingerprint density at radius 3 is 2.50 bits per heavy atom. The zero-order valence-electron chi connectivity index (χ0n) is 11.0. The Balaban J connectivity index is 1.89. The molecule has 1 N–H and O–H groups in total. The van der Waals surface area contributed by atoms with Gasteiger partial charge in [0.25, 0.3) is 5.69 Å². The van der Waals surface area contributed by atoms with Crippen LogP contribution in [0.1, 0.15) is 29.6 Å². The summed E-state index contributed by atoms with van der Waals surface area (Å²) in [6.45, 7) is 1.85. The van der Waals surface area contributed by atoms with Crippen LogP contribution in [0.4, 0.5) is 11.4 Å². The molecule has 6 nitrogen and oxygen atoms in total. The van der Waals surface area contributed by atoms with Crippen molar-refractivity contribution >= 4 is 17.3 Å². The smallest absolute Gasteiger partial charge is 0.342 e. The number of fused-ring (bicyclic) bond motifs is 1. The summed E-state index contributed by atoms with van der Waals surface area (Å²) in [4.78, 5) is 23.5. The first-order valence-electron chi connectivity index (χ1n) is 6.83. The number of nitrogens with zero attached hydrogens (tertiary/aromatic N) is 2. The number of benzene rings is 1. The Labute approximate surface area is 116 Å². The van der Waals surface area contributed by atoms with Crippen LogP contribution in [0.5, 0.6) is 0 Å². The van der Waals surface area contributed by atoms with E-state index in [1.807, 2.05) is 0 Å². The van der Waals surface area contributed by atoms with Crippen LogP contribution in [0, 0.1) is 22.0 Å². The molecule has 1 saturated carbocycles. The highest BCUT2D eigenvalue weighted by Crippen LogP contribution is 2.40. The molecule has 1 saturated heterocycles. The lowest BCUT2D eigenvalue weighted by Crippen LogP contribution is -2.21. The highest BCUT2D eigenvalue weighted by molar-refractivity contribution is 5.93. The summed E-state index contributed by atoms with van der Waals surface area (Å²) in [5.41, 5.74) is 0.182. The minimum atomic E-state index is -1.26. The Bertz CT molecular complexity index is 560. The summed E-state index contributed by atoms with van der Waals surface area (Å²) >= 11 is 0. The van der Waals surface area contributed by atoms with Gasteiger partial charge in [-0.25, -0.2) is 4.79 Å². The largest absolute Gasteiger partial charge is 0.477 e. The molecule has 2 fully saturated rings. The van der Waals surface area contributed by atoms with Crippen molar-refractivity contribution in [3.05, 3.63) is 33.9 Å². The first-order valence-corrected chi connectivity index (χ1v) is 6.83. The Hall–Kier alpha value is -2.11. The Morgan fingerprint density at radius 1 is 1.30 bits per heavy atom. The first-order chi connectivity index (χ1) is 9.56. The van der Waals surface area contributed by atoms with E-state index in [1.165, 1.54) is 31.4 Å². The number of carboxylic acids is 1. The maximum absolute atomic E-state index is 11.0. The van der Waals surface area contributed by atoms with Crippen LogP contribution < -0.4 is 4.90 Å². The number of nitro benzene ring substituents is 1. The van der Waals surface area contributed by atoms with Crippen LogP contribution >= 0.6 is 0 Å². The van der Waals surface area contributed by atoms with Gasteiger partial charge in [0, 0.05) is 24.8 Å². The molecule has 0 radical (unpaired) electrons. The fourth-order valence-electron chi connectivity index (χ4n) is 3.49. The van der Waals surface area contributed by atoms with Gasteiger partial charge in [-0.05, 0) is 36.8 Å². The summed E-state index contributed by atoms with van der Waals surface area (Å²) in [5, 5.41) is 20.0. The minimum Gasteiger partial charge on any atom is -0.477 e. The van der Waals surface area contributed by atoms with Gasteiger partial charge in [-0.3, -0.25) is 10.1 Å². The highest BCUT2D eigenvalue weighted by atomic mass is 16.6. The first kappa shape index (κ1) is 12.9. The highest BCUT2D eigenvalue weighted by Gasteiger charge is 2.36. The third-order valence-electron chi connectivity index (χ3n) is 4.50. The molecule has 1 aliphatic carbocycles. The van der Waals surface area contributed by atoms with Gasteiger partial charge in [0.2, 0.25) is 0 Å². The van der Waals surface area contributed by atoms with Gasteiger partial charge >= 0.3 is 5.97 Å². The summed E-state index contributed by atoms with van der Waals surface area (Å²) in [6, 6.07) is 4.41. The molecule has 0 spiro atoms. The van der Waals surface area contributed by atoms with Crippen LogP contribution in [0.15, 0.2) is 18.2 Å². The van der Waals surface area contributed by atoms with E-state index in [2.05, 4.69) is 4.90 Å². The molecule has 6 heteroatoms. The molecule has 0 amide bonds.